The third-order valence-electron chi connectivity index (χ3n) is 7.29. The van der Waals surface area contributed by atoms with Crippen molar-refractivity contribution in [2.24, 2.45) is 5.92 Å². The van der Waals surface area contributed by atoms with Gasteiger partial charge in [0.05, 0.1) is 13.7 Å². The summed E-state index contributed by atoms with van der Waals surface area (Å²) in [6.07, 6.45) is 9.26. The van der Waals surface area contributed by atoms with E-state index in [1.165, 1.54) is 12.0 Å². The van der Waals surface area contributed by atoms with Crippen molar-refractivity contribution in [3.8, 4) is 0 Å². The van der Waals surface area contributed by atoms with Gasteiger partial charge in [0.2, 0.25) is 5.91 Å². The largest absolute Gasteiger partial charge is 0.467 e. The minimum Gasteiger partial charge on any atom is -0.467 e. The fourth-order valence-electron chi connectivity index (χ4n) is 5.26. The summed E-state index contributed by atoms with van der Waals surface area (Å²) in [5.41, 5.74) is 2.34. The lowest BCUT2D eigenvalue weighted by molar-refractivity contribution is -0.146. The fourth-order valence-corrected chi connectivity index (χ4v) is 5.26. The van der Waals surface area contributed by atoms with Crippen molar-refractivity contribution >= 4 is 17.8 Å². The summed E-state index contributed by atoms with van der Waals surface area (Å²) in [6.45, 7) is 3.40. The van der Waals surface area contributed by atoms with Gasteiger partial charge >= 0.3 is 5.97 Å². The molecule has 7 nitrogen and oxygen atoms in total. The molecule has 1 aliphatic heterocycles. The van der Waals surface area contributed by atoms with Gasteiger partial charge < -0.3 is 19.9 Å². The van der Waals surface area contributed by atoms with Crippen LogP contribution in [0.1, 0.15) is 30.5 Å². The second-order valence-electron chi connectivity index (χ2n) is 10.4. The number of nitrogens with zero attached hydrogens (tertiary/aromatic N) is 2. The highest BCUT2D eigenvalue weighted by Crippen LogP contribution is 2.45. The maximum absolute atomic E-state index is 14.2. The normalized spacial score (nSPS) is 13.6. The summed E-state index contributed by atoms with van der Waals surface area (Å²) < 4.78 is 4.85. The number of likely N-dealkylation sites (N-methyl/N-ethyl adjacent to an activating group) is 1. The summed E-state index contributed by atoms with van der Waals surface area (Å²) >= 11 is 0. The van der Waals surface area contributed by atoms with Crippen molar-refractivity contribution in [2.45, 2.75) is 25.4 Å². The number of hydrogen-bond donors (Lipinski definition) is 1. The molecule has 1 N–H and O–H groups in total. The zero-order valence-corrected chi connectivity index (χ0v) is 24.4. The summed E-state index contributed by atoms with van der Waals surface area (Å²) in [5.74, 6) is -1.52. The van der Waals surface area contributed by atoms with Crippen LogP contribution in [0.15, 0.2) is 127 Å². The molecule has 1 heterocycles. The van der Waals surface area contributed by atoms with E-state index in [9.17, 15) is 14.4 Å². The summed E-state index contributed by atoms with van der Waals surface area (Å²) in [7, 11) is 2.86. The summed E-state index contributed by atoms with van der Waals surface area (Å²) in [5, 5.41) is 2.72. The van der Waals surface area contributed by atoms with Gasteiger partial charge in [0.25, 0.3) is 5.91 Å². The van der Waals surface area contributed by atoms with Gasteiger partial charge in [0.1, 0.15) is 17.3 Å². The number of rotatable bonds is 10. The topological polar surface area (TPSA) is 79.0 Å². The molecule has 3 aromatic rings. The van der Waals surface area contributed by atoms with Gasteiger partial charge in [0, 0.05) is 13.2 Å². The van der Waals surface area contributed by atoms with E-state index >= 15 is 0 Å². The highest BCUT2D eigenvalue weighted by Gasteiger charge is 2.44. The van der Waals surface area contributed by atoms with Crippen LogP contribution in [0.4, 0.5) is 0 Å². The molecule has 0 saturated carbocycles. The molecule has 0 unspecified atom stereocenters. The van der Waals surface area contributed by atoms with Gasteiger partial charge in [-0.05, 0) is 34.8 Å². The highest BCUT2D eigenvalue weighted by atomic mass is 16.5. The molecular weight excluding hydrogens is 526 g/mol. The molecule has 7 heteroatoms. The number of carbonyl (C=O) groups excluding carboxylic acids is 3. The molecule has 0 fully saturated rings. The van der Waals surface area contributed by atoms with Crippen molar-refractivity contribution in [3.05, 3.63) is 144 Å². The van der Waals surface area contributed by atoms with Crippen molar-refractivity contribution in [1.29, 1.82) is 0 Å². The van der Waals surface area contributed by atoms with Gasteiger partial charge in [-0.25, -0.2) is 4.79 Å². The monoisotopic (exact) mass is 563 g/mol. The first-order chi connectivity index (χ1) is 20.3. The van der Waals surface area contributed by atoms with Crippen LogP contribution in [0, 0.1) is 5.92 Å². The Morgan fingerprint density at radius 2 is 1.31 bits per heavy atom. The highest BCUT2D eigenvalue weighted by molar-refractivity contribution is 5.96. The predicted molar refractivity (Wildman–Crippen MR) is 164 cm³/mol. The van der Waals surface area contributed by atoms with Crippen LogP contribution in [-0.4, -0.2) is 54.3 Å². The Kier molecular flexibility index (Phi) is 9.76. The minimum atomic E-state index is -0.926. The second-order valence-corrected chi connectivity index (χ2v) is 10.4. The number of hydrogen-bond acceptors (Lipinski definition) is 5. The zero-order valence-electron chi connectivity index (χ0n) is 24.4. The van der Waals surface area contributed by atoms with Gasteiger partial charge in [-0.2, -0.15) is 0 Å². The number of carbonyl (C=O) groups is 3. The second kappa shape index (κ2) is 13.6. The molecular formula is C35H37N3O4. The van der Waals surface area contributed by atoms with E-state index in [2.05, 4.69) is 41.7 Å². The molecule has 1 atom stereocenters. The fraction of sp³-hybridized carbons (Fsp3) is 0.229. The Hall–Kier alpha value is -4.91. The van der Waals surface area contributed by atoms with Crippen LogP contribution in [0.3, 0.4) is 0 Å². The van der Waals surface area contributed by atoms with Crippen LogP contribution >= 0.6 is 0 Å². The van der Waals surface area contributed by atoms with E-state index in [0.29, 0.717) is 5.70 Å². The number of methoxy groups -OCH3 is 1. The van der Waals surface area contributed by atoms with Crippen molar-refractivity contribution < 1.29 is 19.1 Å². The number of allylic oxidation sites excluding steroid dienone is 4. The Morgan fingerprint density at radius 3 is 1.76 bits per heavy atom. The number of benzene rings is 3. The first kappa shape index (κ1) is 30.1. The first-order valence-corrected chi connectivity index (χ1v) is 13.9. The molecule has 42 heavy (non-hydrogen) atoms. The van der Waals surface area contributed by atoms with E-state index in [1.54, 1.807) is 13.1 Å². The molecule has 0 spiro atoms. The maximum atomic E-state index is 14.2. The molecule has 4 rings (SSSR count). The molecule has 0 radical (unpaired) electrons. The standard InChI is InChI=1S/C35H37N3O4/c1-26(2)32(34(41)42-4)36-31(39)25-37(3)33(40)30-23-15-8-16-24-38(30)35(27-17-9-5-10-18-27,28-19-11-6-12-20-28)29-21-13-7-14-22-29/h5-24,26,32H,25H2,1-4H3,(H,36,39)/t32-/m0/s1. The quantitative estimate of drug-likeness (QED) is 0.277. The van der Waals surface area contributed by atoms with Crippen LogP contribution < -0.4 is 5.32 Å². The number of ether oxygens (including phenoxy) is 1. The van der Waals surface area contributed by atoms with Crippen LogP contribution in [-0.2, 0) is 24.7 Å². The van der Waals surface area contributed by atoms with E-state index < -0.39 is 23.5 Å². The molecule has 2 amide bonds. The van der Waals surface area contributed by atoms with Gasteiger partial charge in [-0.3, -0.25) is 9.59 Å². The predicted octanol–water partition coefficient (Wildman–Crippen LogP) is 5.02. The lowest BCUT2D eigenvalue weighted by atomic mass is 9.75. The summed E-state index contributed by atoms with van der Waals surface area (Å²) in [6, 6.07) is 29.4. The molecule has 0 aliphatic carbocycles. The Labute approximate surface area is 247 Å². The number of nitrogens with one attached hydrogen (secondary N) is 1. The van der Waals surface area contributed by atoms with E-state index in [1.807, 2.05) is 97.8 Å². The molecule has 216 valence electrons. The molecule has 0 aromatic heterocycles. The average molecular weight is 564 g/mol. The average Bonchev–Trinajstić information content (AvgIpc) is 3.27. The van der Waals surface area contributed by atoms with Gasteiger partial charge in [-0.15, -0.1) is 0 Å². The number of amides is 2. The van der Waals surface area contributed by atoms with Crippen LogP contribution in [0.5, 0.6) is 0 Å². The van der Waals surface area contributed by atoms with Crippen molar-refractivity contribution in [1.82, 2.24) is 15.1 Å². The van der Waals surface area contributed by atoms with Gasteiger partial charge in [0.15, 0.2) is 0 Å². The van der Waals surface area contributed by atoms with Gasteiger partial charge in [-0.1, -0.05) is 117 Å². The Morgan fingerprint density at radius 1 is 0.810 bits per heavy atom. The van der Waals surface area contributed by atoms with E-state index in [4.69, 9.17) is 4.74 Å². The smallest absolute Gasteiger partial charge is 0.328 e. The van der Waals surface area contributed by atoms with E-state index in [-0.39, 0.29) is 18.4 Å². The van der Waals surface area contributed by atoms with Crippen molar-refractivity contribution in [2.75, 3.05) is 20.7 Å². The van der Waals surface area contributed by atoms with Crippen molar-refractivity contribution in [3.63, 3.8) is 0 Å². The first-order valence-electron chi connectivity index (χ1n) is 13.9. The summed E-state index contributed by atoms with van der Waals surface area (Å²) in [4.78, 5) is 42.8. The minimum absolute atomic E-state index is 0.180. The third kappa shape index (κ3) is 6.20. The van der Waals surface area contributed by atoms with Crippen LogP contribution in [0.25, 0.3) is 0 Å². The molecule has 1 aliphatic rings. The number of esters is 1. The maximum Gasteiger partial charge on any atom is 0.328 e. The third-order valence-corrected chi connectivity index (χ3v) is 7.29. The molecule has 0 bridgehead atoms. The van der Waals surface area contributed by atoms with E-state index in [0.717, 1.165) is 16.7 Å². The lowest BCUT2D eigenvalue weighted by Gasteiger charge is -2.46. The lowest BCUT2D eigenvalue weighted by Crippen LogP contribution is -2.51. The molecule has 3 aromatic carbocycles. The Bertz CT molecular complexity index is 1370. The van der Waals surface area contributed by atoms with Crippen LogP contribution in [0.2, 0.25) is 0 Å². The Balaban J connectivity index is 1.80. The molecule has 0 saturated heterocycles. The SMILES string of the molecule is COC(=O)[C@@H](NC(=O)CN(C)C(=O)C1=CC=CC=CN1C(c1ccccc1)(c1ccccc1)c1ccccc1)C(C)C. The zero-order chi connectivity index (χ0) is 30.1.